The number of aryl methyl sites for hydroxylation is 1. The summed E-state index contributed by atoms with van der Waals surface area (Å²) in [4.78, 5) is 41.1. The highest BCUT2D eigenvalue weighted by atomic mass is 32.2. The van der Waals surface area contributed by atoms with Crippen LogP contribution in [-0.4, -0.2) is 46.4 Å². The molecular formula is C17H19N3O5S2. The summed E-state index contributed by atoms with van der Waals surface area (Å²) in [7, 11) is 0. The molecule has 10 heteroatoms. The molecule has 0 saturated heterocycles. The molecule has 0 aliphatic rings. The van der Waals surface area contributed by atoms with E-state index < -0.39 is 17.5 Å². The minimum atomic E-state index is -0.778. The van der Waals surface area contributed by atoms with Crippen LogP contribution in [0, 0.1) is 17.0 Å². The van der Waals surface area contributed by atoms with Crippen LogP contribution in [0.25, 0.3) is 0 Å². The van der Waals surface area contributed by atoms with Crippen LogP contribution >= 0.6 is 23.1 Å². The summed E-state index contributed by atoms with van der Waals surface area (Å²) in [5, 5.41) is 13.2. The Balaban J connectivity index is 2.13. The van der Waals surface area contributed by atoms with Gasteiger partial charge in [0.25, 0.3) is 11.6 Å². The second-order valence-corrected chi connectivity index (χ2v) is 7.59. The van der Waals surface area contributed by atoms with Gasteiger partial charge in [-0.25, -0.2) is 9.78 Å². The molecule has 1 amide bonds. The Kier molecular flexibility index (Phi) is 7.31. The molecule has 0 spiro atoms. The number of likely N-dealkylation sites (N-methyl/N-ethyl adjacent to an activating group) is 1. The van der Waals surface area contributed by atoms with Gasteiger partial charge in [0.15, 0.2) is 10.9 Å². The quantitative estimate of drug-likeness (QED) is 0.373. The molecule has 1 aromatic carbocycles. The van der Waals surface area contributed by atoms with Crippen LogP contribution in [-0.2, 0) is 9.53 Å². The number of carbonyl (C=O) groups excluding carboxylic acids is 2. The van der Waals surface area contributed by atoms with Crippen molar-refractivity contribution in [3.8, 4) is 0 Å². The standard InChI is InChI=1S/C17H19N3O5S2/c1-4-19(5-2)15(21)9-25-16(22)12-6-7-14(13(8-12)20(23)24)27-17-18-11(3)10-26-17/h6-8,10H,4-5,9H2,1-3H3. The fourth-order valence-electron chi connectivity index (χ4n) is 2.22. The maximum Gasteiger partial charge on any atom is 0.338 e. The number of aromatic nitrogens is 1. The fourth-order valence-corrected chi connectivity index (χ4v) is 4.10. The summed E-state index contributed by atoms with van der Waals surface area (Å²) >= 11 is 2.55. The van der Waals surface area contributed by atoms with E-state index in [-0.39, 0.29) is 17.2 Å². The Morgan fingerprint density at radius 2 is 2.04 bits per heavy atom. The van der Waals surface area contributed by atoms with Crippen LogP contribution in [0.4, 0.5) is 5.69 Å². The number of rotatable bonds is 8. The number of esters is 1. The number of amides is 1. The number of ether oxygens (including phenoxy) is 1. The molecule has 8 nitrogen and oxygen atoms in total. The molecule has 2 rings (SSSR count). The predicted molar refractivity (Wildman–Crippen MR) is 102 cm³/mol. The van der Waals surface area contributed by atoms with Crippen LogP contribution in [0.2, 0.25) is 0 Å². The normalized spacial score (nSPS) is 10.5. The number of nitrogens with zero attached hydrogens (tertiary/aromatic N) is 3. The highest BCUT2D eigenvalue weighted by Gasteiger charge is 2.21. The Hall–Kier alpha value is -2.46. The number of thiazole rings is 1. The fraction of sp³-hybridized carbons (Fsp3) is 0.353. The van der Waals surface area contributed by atoms with Gasteiger partial charge in [0.2, 0.25) is 0 Å². The van der Waals surface area contributed by atoms with Gasteiger partial charge < -0.3 is 9.64 Å². The molecule has 0 N–H and O–H groups in total. The maximum atomic E-state index is 12.2. The second-order valence-electron chi connectivity index (χ2n) is 5.44. The smallest absolute Gasteiger partial charge is 0.338 e. The lowest BCUT2D eigenvalue weighted by Gasteiger charge is -2.18. The average Bonchev–Trinajstić information content (AvgIpc) is 3.05. The minimum Gasteiger partial charge on any atom is -0.452 e. The van der Waals surface area contributed by atoms with Crippen molar-refractivity contribution >= 4 is 40.7 Å². The van der Waals surface area contributed by atoms with E-state index in [0.29, 0.717) is 22.3 Å². The molecular weight excluding hydrogens is 390 g/mol. The third-order valence-electron chi connectivity index (χ3n) is 3.63. The van der Waals surface area contributed by atoms with Crippen molar-refractivity contribution in [1.29, 1.82) is 0 Å². The van der Waals surface area contributed by atoms with E-state index in [1.54, 1.807) is 0 Å². The van der Waals surface area contributed by atoms with Gasteiger partial charge in [0.1, 0.15) is 0 Å². The summed E-state index contributed by atoms with van der Waals surface area (Å²) in [6.45, 7) is 6.12. The number of hydrogen-bond acceptors (Lipinski definition) is 8. The van der Waals surface area contributed by atoms with Crippen LogP contribution in [0.5, 0.6) is 0 Å². The average molecular weight is 409 g/mol. The van der Waals surface area contributed by atoms with E-state index in [0.717, 1.165) is 23.5 Å². The van der Waals surface area contributed by atoms with E-state index >= 15 is 0 Å². The van der Waals surface area contributed by atoms with Crippen molar-refractivity contribution < 1.29 is 19.2 Å². The van der Waals surface area contributed by atoms with Crippen LogP contribution < -0.4 is 0 Å². The molecule has 1 aromatic heterocycles. The van der Waals surface area contributed by atoms with Crippen molar-refractivity contribution in [1.82, 2.24) is 9.88 Å². The highest BCUT2D eigenvalue weighted by molar-refractivity contribution is 8.01. The number of nitro groups is 1. The van der Waals surface area contributed by atoms with Crippen LogP contribution in [0.1, 0.15) is 29.9 Å². The van der Waals surface area contributed by atoms with Gasteiger partial charge in [-0.3, -0.25) is 14.9 Å². The van der Waals surface area contributed by atoms with E-state index in [2.05, 4.69) is 4.98 Å². The van der Waals surface area contributed by atoms with E-state index in [1.807, 2.05) is 26.2 Å². The third-order valence-corrected chi connectivity index (χ3v) is 5.75. The molecule has 144 valence electrons. The lowest BCUT2D eigenvalue weighted by Crippen LogP contribution is -2.34. The lowest BCUT2D eigenvalue weighted by molar-refractivity contribution is -0.387. The molecule has 0 radical (unpaired) electrons. The summed E-state index contributed by atoms with van der Waals surface area (Å²) in [6, 6.07) is 4.09. The monoisotopic (exact) mass is 409 g/mol. The lowest BCUT2D eigenvalue weighted by atomic mass is 10.2. The van der Waals surface area contributed by atoms with Gasteiger partial charge in [-0.15, -0.1) is 11.3 Å². The molecule has 2 aromatic rings. The van der Waals surface area contributed by atoms with E-state index in [1.165, 1.54) is 28.4 Å². The van der Waals surface area contributed by atoms with Crippen molar-refractivity contribution in [2.75, 3.05) is 19.7 Å². The van der Waals surface area contributed by atoms with Gasteiger partial charge in [-0.1, -0.05) is 11.8 Å². The molecule has 1 heterocycles. The first-order valence-corrected chi connectivity index (χ1v) is 9.88. The first kappa shape index (κ1) is 20.8. The topological polar surface area (TPSA) is 103 Å². The minimum absolute atomic E-state index is 0.0220. The van der Waals surface area contributed by atoms with Gasteiger partial charge in [0.05, 0.1) is 15.4 Å². The molecule has 0 unspecified atom stereocenters. The number of nitro benzene ring substituents is 1. The molecule has 0 bridgehead atoms. The van der Waals surface area contributed by atoms with Crippen molar-refractivity contribution in [2.45, 2.75) is 30.0 Å². The van der Waals surface area contributed by atoms with Crippen LogP contribution in [0.3, 0.4) is 0 Å². The highest BCUT2D eigenvalue weighted by Crippen LogP contribution is 2.36. The summed E-state index contributed by atoms with van der Waals surface area (Å²) in [6.07, 6.45) is 0. The first-order valence-electron chi connectivity index (χ1n) is 8.19. The first-order chi connectivity index (χ1) is 12.8. The SMILES string of the molecule is CCN(CC)C(=O)COC(=O)c1ccc(Sc2nc(C)cs2)c([N+](=O)[O-])c1. The second kappa shape index (κ2) is 9.47. The zero-order chi connectivity index (χ0) is 20.0. The maximum absolute atomic E-state index is 12.2. The number of benzene rings is 1. The van der Waals surface area contributed by atoms with Crippen molar-refractivity contribution in [3.63, 3.8) is 0 Å². The Morgan fingerprint density at radius 3 is 2.59 bits per heavy atom. The molecule has 0 fully saturated rings. The largest absolute Gasteiger partial charge is 0.452 e. The van der Waals surface area contributed by atoms with Crippen LogP contribution in [0.15, 0.2) is 32.8 Å². The van der Waals surface area contributed by atoms with Gasteiger partial charge in [-0.05, 0) is 32.9 Å². The van der Waals surface area contributed by atoms with E-state index in [9.17, 15) is 19.7 Å². The zero-order valence-electron chi connectivity index (χ0n) is 15.1. The van der Waals surface area contributed by atoms with Crippen molar-refractivity contribution in [3.05, 3.63) is 45.0 Å². The Morgan fingerprint density at radius 1 is 1.33 bits per heavy atom. The summed E-state index contributed by atoms with van der Waals surface area (Å²) in [5.41, 5.74) is 0.648. The predicted octanol–water partition coefficient (Wildman–Crippen LogP) is 3.54. The molecule has 0 aliphatic heterocycles. The molecule has 0 saturated carbocycles. The summed E-state index contributed by atoms with van der Waals surface area (Å²) in [5.74, 6) is -1.09. The molecule has 0 aliphatic carbocycles. The Bertz CT molecular complexity index is 849. The number of carbonyl (C=O) groups is 2. The molecule has 0 atom stereocenters. The van der Waals surface area contributed by atoms with Gasteiger partial charge in [-0.2, -0.15) is 0 Å². The Labute approximate surface area is 164 Å². The van der Waals surface area contributed by atoms with Gasteiger partial charge in [0, 0.05) is 30.2 Å². The van der Waals surface area contributed by atoms with Crippen molar-refractivity contribution in [2.24, 2.45) is 0 Å². The molecule has 27 heavy (non-hydrogen) atoms. The van der Waals surface area contributed by atoms with Gasteiger partial charge >= 0.3 is 5.97 Å². The third kappa shape index (κ3) is 5.51. The summed E-state index contributed by atoms with van der Waals surface area (Å²) < 4.78 is 5.68. The number of hydrogen-bond donors (Lipinski definition) is 0. The van der Waals surface area contributed by atoms with E-state index in [4.69, 9.17) is 4.74 Å². The zero-order valence-corrected chi connectivity index (χ0v) is 16.8.